The molecule has 1 N–H and O–H groups in total. The van der Waals surface area contributed by atoms with E-state index >= 15 is 0 Å². The molecule has 2 rings (SSSR count). The average molecular weight is 275 g/mol. The molecule has 19 heavy (non-hydrogen) atoms. The zero-order chi connectivity index (χ0) is 13.7. The lowest BCUT2D eigenvalue weighted by molar-refractivity contribution is 0.414. The van der Waals surface area contributed by atoms with Crippen molar-refractivity contribution in [3.63, 3.8) is 0 Å². The molecule has 4 heteroatoms. The highest BCUT2D eigenvalue weighted by Gasteiger charge is 1.98. The van der Waals surface area contributed by atoms with Crippen LogP contribution in [0.4, 0.5) is 5.69 Å². The number of benzene rings is 2. The number of ether oxygens (including phenoxy) is 1. The lowest BCUT2D eigenvalue weighted by atomic mass is 10.2. The zero-order valence-electron chi connectivity index (χ0n) is 10.9. The molecule has 0 spiro atoms. The summed E-state index contributed by atoms with van der Waals surface area (Å²) in [6.45, 7) is 1.96. The van der Waals surface area contributed by atoms with E-state index in [-0.39, 0.29) is 0 Å². The van der Waals surface area contributed by atoms with Gasteiger partial charge in [0.05, 0.1) is 19.0 Å². The maximum absolute atomic E-state index is 6.05. The Hall–Kier alpha value is -2.00. The second kappa shape index (κ2) is 6.25. The topological polar surface area (TPSA) is 33.6 Å². The Bertz CT molecular complexity index is 596. The molecule has 0 fully saturated rings. The minimum Gasteiger partial charge on any atom is -0.496 e. The van der Waals surface area contributed by atoms with Crippen LogP contribution in [-0.4, -0.2) is 13.3 Å². The third-order valence-corrected chi connectivity index (χ3v) is 3.12. The number of nitrogens with zero attached hydrogens (tertiary/aromatic N) is 1. The van der Waals surface area contributed by atoms with Crippen molar-refractivity contribution in [2.75, 3.05) is 12.5 Å². The van der Waals surface area contributed by atoms with Crippen LogP contribution >= 0.6 is 11.6 Å². The van der Waals surface area contributed by atoms with E-state index in [0.29, 0.717) is 0 Å². The number of methoxy groups -OCH3 is 1. The number of para-hydroxylation sites is 1. The first kappa shape index (κ1) is 13.4. The number of hydrazone groups is 1. The van der Waals surface area contributed by atoms with Crippen molar-refractivity contribution in [2.45, 2.75) is 6.92 Å². The van der Waals surface area contributed by atoms with Gasteiger partial charge in [0.25, 0.3) is 0 Å². The second-order valence-corrected chi connectivity index (χ2v) is 4.48. The van der Waals surface area contributed by atoms with Crippen molar-refractivity contribution >= 4 is 23.5 Å². The van der Waals surface area contributed by atoms with Gasteiger partial charge in [-0.1, -0.05) is 29.8 Å². The summed E-state index contributed by atoms with van der Waals surface area (Å²) in [5.41, 5.74) is 5.75. The predicted molar refractivity (Wildman–Crippen MR) is 80.4 cm³/mol. The van der Waals surface area contributed by atoms with Gasteiger partial charge >= 0.3 is 0 Å². The van der Waals surface area contributed by atoms with E-state index in [9.17, 15) is 0 Å². The van der Waals surface area contributed by atoms with Crippen LogP contribution < -0.4 is 10.2 Å². The number of hydrogen-bond donors (Lipinski definition) is 1. The number of anilines is 1. The van der Waals surface area contributed by atoms with Crippen molar-refractivity contribution in [3.05, 3.63) is 58.6 Å². The molecule has 0 unspecified atom stereocenters. The van der Waals surface area contributed by atoms with Crippen molar-refractivity contribution in [3.8, 4) is 5.75 Å². The first-order valence-electron chi connectivity index (χ1n) is 5.89. The summed E-state index contributed by atoms with van der Waals surface area (Å²) in [4.78, 5) is 0. The van der Waals surface area contributed by atoms with Gasteiger partial charge in [-0.15, -0.1) is 0 Å². The van der Waals surface area contributed by atoms with Crippen LogP contribution in [0.5, 0.6) is 5.75 Å². The molecule has 3 nitrogen and oxygen atoms in total. The fourth-order valence-electron chi connectivity index (χ4n) is 1.61. The predicted octanol–water partition coefficient (Wildman–Crippen LogP) is 4.10. The average Bonchev–Trinajstić information content (AvgIpc) is 2.43. The maximum Gasteiger partial charge on any atom is 0.127 e. The summed E-state index contributed by atoms with van der Waals surface area (Å²) >= 11 is 6.05. The lowest BCUT2D eigenvalue weighted by Crippen LogP contribution is -1.94. The Kier molecular flexibility index (Phi) is 4.42. The van der Waals surface area contributed by atoms with E-state index in [1.165, 1.54) is 0 Å². The Morgan fingerprint density at radius 2 is 2.00 bits per heavy atom. The SMILES string of the molecule is COc1ccccc1/C=N/Nc1ccc(C)c(Cl)c1. The monoisotopic (exact) mass is 274 g/mol. The molecule has 0 radical (unpaired) electrons. The van der Waals surface area contributed by atoms with E-state index in [0.717, 1.165) is 27.6 Å². The fraction of sp³-hybridized carbons (Fsp3) is 0.133. The molecule has 0 aliphatic rings. The molecule has 98 valence electrons. The Morgan fingerprint density at radius 3 is 2.74 bits per heavy atom. The molecule has 0 aliphatic heterocycles. The number of hydrogen-bond acceptors (Lipinski definition) is 3. The third-order valence-electron chi connectivity index (χ3n) is 2.71. The fourth-order valence-corrected chi connectivity index (χ4v) is 1.79. The molecular weight excluding hydrogens is 260 g/mol. The maximum atomic E-state index is 6.05. The minimum atomic E-state index is 0.720. The van der Waals surface area contributed by atoms with Crippen molar-refractivity contribution < 1.29 is 4.74 Å². The van der Waals surface area contributed by atoms with Crippen molar-refractivity contribution in [2.24, 2.45) is 5.10 Å². The van der Waals surface area contributed by atoms with Crippen LogP contribution in [0.15, 0.2) is 47.6 Å². The van der Waals surface area contributed by atoms with E-state index in [2.05, 4.69) is 10.5 Å². The van der Waals surface area contributed by atoms with Crippen LogP contribution in [-0.2, 0) is 0 Å². The number of halogens is 1. The van der Waals surface area contributed by atoms with Gasteiger partial charge in [0.15, 0.2) is 0 Å². The van der Waals surface area contributed by atoms with Crippen LogP contribution in [0.25, 0.3) is 0 Å². The molecule has 0 saturated carbocycles. The van der Waals surface area contributed by atoms with Crippen LogP contribution in [0.1, 0.15) is 11.1 Å². The van der Waals surface area contributed by atoms with E-state index in [1.54, 1.807) is 13.3 Å². The molecule has 0 saturated heterocycles. The molecule has 2 aromatic carbocycles. The highest BCUT2D eigenvalue weighted by molar-refractivity contribution is 6.31. The van der Waals surface area contributed by atoms with Crippen molar-refractivity contribution in [1.29, 1.82) is 0 Å². The standard InChI is InChI=1S/C15H15ClN2O/c1-11-7-8-13(9-14(11)16)18-17-10-12-5-3-4-6-15(12)19-2/h3-10,18H,1-2H3/b17-10+. The molecule has 0 aliphatic carbocycles. The number of aryl methyl sites for hydroxylation is 1. The first-order valence-corrected chi connectivity index (χ1v) is 6.27. The molecule has 0 aromatic heterocycles. The Balaban J connectivity index is 2.09. The summed E-state index contributed by atoms with van der Waals surface area (Å²) in [5, 5.41) is 4.90. The summed E-state index contributed by atoms with van der Waals surface area (Å²) in [6, 6.07) is 13.4. The van der Waals surface area contributed by atoms with Crippen LogP contribution in [0.2, 0.25) is 5.02 Å². The van der Waals surface area contributed by atoms with Gasteiger partial charge < -0.3 is 4.74 Å². The second-order valence-electron chi connectivity index (χ2n) is 4.08. The van der Waals surface area contributed by atoms with E-state index in [1.807, 2.05) is 49.4 Å². The summed E-state index contributed by atoms with van der Waals surface area (Å²) in [5.74, 6) is 0.787. The van der Waals surface area contributed by atoms with Crippen molar-refractivity contribution in [1.82, 2.24) is 0 Å². The molecule has 0 atom stereocenters. The zero-order valence-corrected chi connectivity index (χ0v) is 11.6. The summed E-state index contributed by atoms with van der Waals surface area (Å²) in [6.07, 6.45) is 1.71. The van der Waals surface area contributed by atoms with E-state index < -0.39 is 0 Å². The van der Waals surface area contributed by atoms with E-state index in [4.69, 9.17) is 16.3 Å². The molecular formula is C15H15ClN2O. The minimum absolute atomic E-state index is 0.720. The normalized spacial score (nSPS) is 10.7. The number of nitrogens with one attached hydrogen (secondary N) is 1. The van der Waals surface area contributed by atoms with Gasteiger partial charge in [-0.2, -0.15) is 5.10 Å². The Morgan fingerprint density at radius 1 is 1.21 bits per heavy atom. The largest absolute Gasteiger partial charge is 0.496 e. The van der Waals surface area contributed by atoms with Gasteiger partial charge in [0.1, 0.15) is 5.75 Å². The smallest absolute Gasteiger partial charge is 0.127 e. The third kappa shape index (κ3) is 3.48. The molecule has 0 heterocycles. The van der Waals surface area contributed by atoms with Crippen LogP contribution in [0.3, 0.4) is 0 Å². The Labute approximate surface area is 117 Å². The van der Waals surface area contributed by atoms with Gasteiger partial charge in [-0.05, 0) is 36.8 Å². The van der Waals surface area contributed by atoms with Gasteiger partial charge in [-0.25, -0.2) is 0 Å². The van der Waals surface area contributed by atoms with Gasteiger partial charge in [0.2, 0.25) is 0 Å². The van der Waals surface area contributed by atoms with Gasteiger partial charge in [0, 0.05) is 10.6 Å². The number of rotatable bonds is 4. The quantitative estimate of drug-likeness (QED) is 0.673. The first-order chi connectivity index (χ1) is 9.20. The highest BCUT2D eigenvalue weighted by Crippen LogP contribution is 2.20. The molecule has 0 amide bonds. The lowest BCUT2D eigenvalue weighted by Gasteiger charge is -2.04. The summed E-state index contributed by atoms with van der Waals surface area (Å²) in [7, 11) is 1.64. The summed E-state index contributed by atoms with van der Waals surface area (Å²) < 4.78 is 5.24. The van der Waals surface area contributed by atoms with Gasteiger partial charge in [-0.3, -0.25) is 5.43 Å². The molecule has 2 aromatic rings. The van der Waals surface area contributed by atoms with Crippen LogP contribution in [0, 0.1) is 6.92 Å². The highest BCUT2D eigenvalue weighted by atomic mass is 35.5. The molecule has 0 bridgehead atoms.